The molecule has 0 spiro atoms. The lowest BCUT2D eigenvalue weighted by atomic mass is 9.94. The van der Waals surface area contributed by atoms with Crippen LogP contribution in [0.3, 0.4) is 0 Å². The van der Waals surface area contributed by atoms with Crippen molar-refractivity contribution in [1.82, 2.24) is 5.01 Å². The molecule has 0 aromatic heterocycles. The van der Waals surface area contributed by atoms with Gasteiger partial charge in [-0.15, -0.1) is 11.5 Å². The van der Waals surface area contributed by atoms with Crippen LogP contribution in [-0.4, -0.2) is 18.1 Å². The van der Waals surface area contributed by atoms with Crippen molar-refractivity contribution in [2.75, 3.05) is 13.1 Å². The van der Waals surface area contributed by atoms with Crippen molar-refractivity contribution >= 4 is 17.3 Å². The lowest BCUT2D eigenvalue weighted by Crippen LogP contribution is -2.14. The summed E-state index contributed by atoms with van der Waals surface area (Å²) in [5, 5.41) is 14.2. The van der Waals surface area contributed by atoms with Gasteiger partial charge in [-0.1, -0.05) is 40.0 Å². The smallest absolute Gasteiger partial charge is 0.123 e. The van der Waals surface area contributed by atoms with Crippen molar-refractivity contribution < 1.29 is 4.39 Å². The average Bonchev–Trinajstić information content (AvgIpc) is 2.66. The molecule has 0 saturated heterocycles. The lowest BCUT2D eigenvalue weighted by molar-refractivity contribution is 0.301. The summed E-state index contributed by atoms with van der Waals surface area (Å²) in [6.07, 6.45) is 5.64. The molecule has 0 atom stereocenters. The topological polar surface area (TPSA) is 76.7 Å². The Morgan fingerprint density at radius 3 is 2.63 bits per heavy atom. The minimum Gasteiger partial charge on any atom is -0.279 e. The molecule has 0 fully saturated rings. The van der Waals surface area contributed by atoms with Crippen molar-refractivity contribution in [3.63, 3.8) is 0 Å². The van der Waals surface area contributed by atoms with E-state index in [0.29, 0.717) is 41.0 Å². The van der Waals surface area contributed by atoms with Crippen LogP contribution in [0.2, 0.25) is 5.02 Å². The summed E-state index contributed by atoms with van der Waals surface area (Å²) in [5.41, 5.74) is 11.0. The molecule has 0 aliphatic heterocycles. The summed E-state index contributed by atoms with van der Waals surface area (Å²) in [4.78, 5) is 2.79. The second-order valence-electron chi connectivity index (χ2n) is 5.49. The monoisotopic (exact) mass is 384 g/mol. The third-order valence-corrected chi connectivity index (χ3v) is 4.20. The first-order valence-electron chi connectivity index (χ1n) is 8.31. The van der Waals surface area contributed by atoms with Crippen LogP contribution in [0.1, 0.15) is 25.0 Å². The van der Waals surface area contributed by atoms with Gasteiger partial charge in [0.25, 0.3) is 0 Å². The number of rotatable bonds is 7. The van der Waals surface area contributed by atoms with E-state index in [1.54, 1.807) is 23.2 Å². The first-order chi connectivity index (χ1) is 13.0. The van der Waals surface area contributed by atoms with Crippen molar-refractivity contribution in [2.45, 2.75) is 20.4 Å². The Morgan fingerprint density at radius 2 is 2.04 bits per heavy atom. The Kier molecular flexibility index (Phi) is 7.18. The minimum atomic E-state index is -0.411. The van der Waals surface area contributed by atoms with Crippen molar-refractivity contribution in [1.29, 1.82) is 0 Å². The number of azide groups is 1. The summed E-state index contributed by atoms with van der Waals surface area (Å²) < 4.78 is 13.8. The van der Waals surface area contributed by atoms with E-state index >= 15 is 0 Å². The van der Waals surface area contributed by atoms with Crippen LogP contribution < -0.4 is 0 Å². The molecule has 27 heavy (non-hydrogen) atoms. The fourth-order valence-electron chi connectivity index (χ4n) is 2.58. The van der Waals surface area contributed by atoms with Crippen LogP contribution in [0, 0.1) is 18.2 Å². The van der Waals surface area contributed by atoms with Gasteiger partial charge in [0.2, 0.25) is 0 Å². The fourth-order valence-corrected chi connectivity index (χ4v) is 2.86. The van der Waals surface area contributed by atoms with Crippen LogP contribution in [0.15, 0.2) is 45.8 Å². The van der Waals surface area contributed by atoms with Gasteiger partial charge in [-0.3, -0.25) is 5.01 Å². The number of benzene rings is 2. The molecule has 0 aliphatic rings. The Bertz CT molecular complexity index is 940. The van der Waals surface area contributed by atoms with Gasteiger partial charge in [0.15, 0.2) is 0 Å². The van der Waals surface area contributed by atoms with Gasteiger partial charge in [0.05, 0.1) is 17.1 Å². The third kappa shape index (κ3) is 4.76. The van der Waals surface area contributed by atoms with E-state index in [1.807, 2.05) is 13.8 Å². The Morgan fingerprint density at radius 1 is 1.30 bits per heavy atom. The molecule has 8 heteroatoms. The molecule has 0 amide bonds. The second-order valence-corrected chi connectivity index (χ2v) is 5.90. The van der Waals surface area contributed by atoms with Crippen LogP contribution in [0.25, 0.3) is 21.6 Å². The molecule has 2 aromatic carbocycles. The quantitative estimate of drug-likeness (QED) is 0.182. The Labute approximate surface area is 162 Å². The number of nitrogens with zero attached hydrogens (tertiary/aromatic N) is 6. The van der Waals surface area contributed by atoms with E-state index in [1.165, 1.54) is 12.1 Å². The predicted octanol–water partition coefficient (Wildman–Crippen LogP) is 6.28. The van der Waals surface area contributed by atoms with Gasteiger partial charge in [0.1, 0.15) is 11.5 Å². The summed E-state index contributed by atoms with van der Waals surface area (Å²) in [7, 11) is 0. The predicted molar refractivity (Wildman–Crippen MR) is 105 cm³/mol. The van der Waals surface area contributed by atoms with E-state index in [2.05, 4.69) is 26.3 Å². The van der Waals surface area contributed by atoms with Crippen LogP contribution in [-0.2, 0) is 6.54 Å². The maximum Gasteiger partial charge on any atom is 0.123 e. The summed E-state index contributed by atoms with van der Waals surface area (Å²) >= 11 is 6.32. The van der Waals surface area contributed by atoms with E-state index in [9.17, 15) is 4.39 Å². The van der Waals surface area contributed by atoms with Crippen LogP contribution in [0.5, 0.6) is 0 Å². The Hall–Kier alpha value is -3.07. The number of halogens is 2. The molecule has 138 valence electrons. The first-order valence-corrected chi connectivity index (χ1v) is 8.68. The number of hydrogen-bond acceptors (Lipinski definition) is 3. The zero-order chi connectivity index (χ0) is 19.8. The average molecular weight is 385 g/mol. The fraction of sp³-hybridized carbons (Fsp3) is 0.263. The van der Waals surface area contributed by atoms with E-state index in [0.717, 1.165) is 0 Å². The molecular weight excluding hydrogens is 367 g/mol. The molecule has 0 heterocycles. The lowest BCUT2D eigenvalue weighted by Gasteiger charge is -2.16. The van der Waals surface area contributed by atoms with E-state index in [4.69, 9.17) is 23.6 Å². The number of hydrogen-bond donors (Lipinski definition) is 0. The number of terminal acetylenes is 1. The summed E-state index contributed by atoms with van der Waals surface area (Å²) in [5.74, 6) is 2.12. The van der Waals surface area contributed by atoms with Gasteiger partial charge in [-0.05, 0) is 48.7 Å². The maximum atomic E-state index is 13.8. The third-order valence-electron chi connectivity index (χ3n) is 3.90. The zero-order valence-electron chi connectivity index (χ0n) is 15.0. The highest BCUT2D eigenvalue weighted by Crippen LogP contribution is 2.41. The highest BCUT2D eigenvalue weighted by Gasteiger charge is 2.18. The molecule has 0 radical (unpaired) electrons. The molecule has 0 aliphatic carbocycles. The largest absolute Gasteiger partial charge is 0.279 e. The normalized spacial score (nSPS) is 10.5. The van der Waals surface area contributed by atoms with Gasteiger partial charge >= 0.3 is 0 Å². The van der Waals surface area contributed by atoms with Crippen molar-refractivity contribution in [3.05, 3.63) is 62.7 Å². The highest BCUT2D eigenvalue weighted by molar-refractivity contribution is 6.32. The molecule has 2 aromatic rings. The molecular formula is C19H18ClFN6. The SMILES string of the molecule is C#Cc1c(Cl)cc(CN=[N+]=[N-])c(-c2cccc(F)c2)c1/N=N/N(CC)CC. The molecule has 6 nitrogen and oxygen atoms in total. The molecule has 0 saturated carbocycles. The standard InChI is InChI=1S/C19H18ClFN6/c1-4-16-17(20)11-14(12-23-25-22)18(13-8-7-9-15(21)10-13)19(16)24-26-27(5-2)6-3/h1,7-11H,5-6,12H2,2-3H3/b26-24+. The van der Waals surface area contributed by atoms with Crippen molar-refractivity contribution in [2.24, 2.45) is 15.5 Å². The zero-order valence-corrected chi connectivity index (χ0v) is 15.8. The minimum absolute atomic E-state index is 0.0146. The summed E-state index contributed by atoms with van der Waals surface area (Å²) in [6, 6.07) is 7.62. The highest BCUT2D eigenvalue weighted by atomic mass is 35.5. The second kappa shape index (κ2) is 9.58. The van der Waals surface area contributed by atoms with Crippen LogP contribution in [0.4, 0.5) is 10.1 Å². The first kappa shape index (κ1) is 20.2. The summed E-state index contributed by atoms with van der Waals surface area (Å²) in [6.45, 7) is 5.23. The van der Waals surface area contributed by atoms with Crippen molar-refractivity contribution in [3.8, 4) is 23.5 Å². The van der Waals surface area contributed by atoms with Gasteiger partial charge in [-0.2, -0.15) is 0 Å². The van der Waals surface area contributed by atoms with Crippen LogP contribution >= 0.6 is 11.6 Å². The van der Waals surface area contributed by atoms with Gasteiger partial charge in [0, 0.05) is 23.6 Å². The molecule has 2 rings (SSSR count). The molecule has 0 unspecified atom stereocenters. The van der Waals surface area contributed by atoms with E-state index in [-0.39, 0.29) is 11.6 Å². The molecule has 0 bridgehead atoms. The molecule has 0 N–H and O–H groups in total. The van der Waals surface area contributed by atoms with Gasteiger partial charge in [-0.25, -0.2) is 4.39 Å². The van der Waals surface area contributed by atoms with Gasteiger partial charge < -0.3 is 0 Å². The Balaban J connectivity index is 2.82. The van der Waals surface area contributed by atoms with E-state index < -0.39 is 5.82 Å². The maximum absolute atomic E-state index is 13.8.